The van der Waals surface area contributed by atoms with Gasteiger partial charge >= 0.3 is 0 Å². The van der Waals surface area contributed by atoms with Crippen molar-refractivity contribution < 1.29 is 0 Å². The van der Waals surface area contributed by atoms with Gasteiger partial charge in [-0.25, -0.2) is 0 Å². The van der Waals surface area contributed by atoms with E-state index in [9.17, 15) is 0 Å². The Balaban J connectivity index is 2.63. The quantitative estimate of drug-likeness (QED) is 0.780. The number of rotatable bonds is 6. The molecule has 0 aromatic heterocycles. The largest absolute Gasteiger partial charge is 0.311 e. The van der Waals surface area contributed by atoms with Crippen LogP contribution in [-0.2, 0) is 0 Å². The summed E-state index contributed by atoms with van der Waals surface area (Å²) in [5.74, 6) is 1.60. The maximum absolute atomic E-state index is 3.75. The molecule has 1 N–H and O–H groups in total. The molecule has 2 nitrogen and oxygen atoms in total. The Morgan fingerprint density at radius 2 is 1.83 bits per heavy atom. The first-order chi connectivity index (χ1) is 8.49. The molecule has 1 aliphatic rings. The van der Waals surface area contributed by atoms with Crippen molar-refractivity contribution in [3.8, 4) is 0 Å². The van der Waals surface area contributed by atoms with Crippen LogP contribution in [0.2, 0.25) is 0 Å². The summed E-state index contributed by atoms with van der Waals surface area (Å²) < 4.78 is 0. The highest BCUT2D eigenvalue weighted by atomic mass is 15.3. The molecule has 1 saturated heterocycles. The third kappa shape index (κ3) is 4.24. The lowest BCUT2D eigenvalue weighted by Crippen LogP contribution is -2.60. The monoisotopic (exact) mass is 254 g/mol. The molecule has 18 heavy (non-hydrogen) atoms. The molecule has 108 valence electrons. The van der Waals surface area contributed by atoms with E-state index < -0.39 is 0 Å². The molecule has 1 heterocycles. The maximum atomic E-state index is 3.75. The molecular weight excluding hydrogens is 220 g/mol. The van der Waals surface area contributed by atoms with Gasteiger partial charge in [-0.1, -0.05) is 41.0 Å². The molecule has 0 aromatic carbocycles. The second kappa shape index (κ2) is 7.49. The second-order valence-electron chi connectivity index (χ2n) is 6.62. The second-order valence-corrected chi connectivity index (χ2v) is 6.62. The maximum Gasteiger partial charge on any atom is 0.0221 e. The van der Waals surface area contributed by atoms with Gasteiger partial charge < -0.3 is 5.32 Å². The highest BCUT2D eigenvalue weighted by molar-refractivity contribution is 4.89. The average Bonchev–Trinajstić information content (AvgIpc) is 2.36. The molecule has 4 unspecified atom stereocenters. The predicted molar refractivity (Wildman–Crippen MR) is 80.9 cm³/mol. The third-order valence-electron chi connectivity index (χ3n) is 4.76. The molecule has 0 bridgehead atoms. The molecule has 0 aromatic rings. The van der Waals surface area contributed by atoms with Crippen LogP contribution in [0.1, 0.15) is 60.8 Å². The highest BCUT2D eigenvalue weighted by Gasteiger charge is 2.31. The van der Waals surface area contributed by atoms with Crippen molar-refractivity contribution in [1.29, 1.82) is 0 Å². The van der Waals surface area contributed by atoms with E-state index in [2.05, 4.69) is 51.8 Å². The van der Waals surface area contributed by atoms with Crippen molar-refractivity contribution in [3.63, 3.8) is 0 Å². The van der Waals surface area contributed by atoms with Crippen molar-refractivity contribution in [1.82, 2.24) is 10.2 Å². The zero-order valence-electron chi connectivity index (χ0n) is 13.4. The van der Waals surface area contributed by atoms with Crippen molar-refractivity contribution in [3.05, 3.63) is 0 Å². The predicted octanol–water partition coefficient (Wildman–Crippen LogP) is 3.52. The molecule has 4 atom stereocenters. The van der Waals surface area contributed by atoms with Gasteiger partial charge in [0.05, 0.1) is 0 Å². The summed E-state index contributed by atoms with van der Waals surface area (Å²) in [6, 6.07) is 2.15. The minimum Gasteiger partial charge on any atom is -0.311 e. The van der Waals surface area contributed by atoms with Crippen molar-refractivity contribution >= 4 is 0 Å². The normalized spacial score (nSPS) is 29.5. The number of nitrogens with zero attached hydrogens (tertiary/aromatic N) is 1. The Morgan fingerprint density at radius 3 is 2.33 bits per heavy atom. The molecule has 1 fully saturated rings. The SMILES string of the molecule is CCC(C)C(C)N1CC(CC(C)C)NCC1CC. The summed E-state index contributed by atoms with van der Waals surface area (Å²) in [6.45, 7) is 16.5. The van der Waals surface area contributed by atoms with Gasteiger partial charge in [-0.3, -0.25) is 4.90 Å². The van der Waals surface area contributed by atoms with Crippen molar-refractivity contribution in [2.24, 2.45) is 11.8 Å². The van der Waals surface area contributed by atoms with Gasteiger partial charge in [0.15, 0.2) is 0 Å². The minimum atomic E-state index is 0.694. The summed E-state index contributed by atoms with van der Waals surface area (Å²) in [4.78, 5) is 2.78. The van der Waals surface area contributed by atoms with Crippen LogP contribution in [0.5, 0.6) is 0 Å². The van der Waals surface area contributed by atoms with Gasteiger partial charge in [-0.15, -0.1) is 0 Å². The Labute approximate surface area is 115 Å². The first-order valence-corrected chi connectivity index (χ1v) is 7.98. The van der Waals surface area contributed by atoms with Crippen LogP contribution < -0.4 is 5.32 Å². The van der Waals surface area contributed by atoms with E-state index >= 15 is 0 Å². The molecule has 1 aliphatic heterocycles. The van der Waals surface area contributed by atoms with Crippen LogP contribution in [0.4, 0.5) is 0 Å². The van der Waals surface area contributed by atoms with Gasteiger partial charge in [-0.2, -0.15) is 0 Å². The molecule has 0 aliphatic carbocycles. The highest BCUT2D eigenvalue weighted by Crippen LogP contribution is 2.22. The topological polar surface area (TPSA) is 15.3 Å². The Bertz CT molecular complexity index is 227. The van der Waals surface area contributed by atoms with E-state index in [0.717, 1.165) is 23.9 Å². The van der Waals surface area contributed by atoms with E-state index in [-0.39, 0.29) is 0 Å². The zero-order valence-corrected chi connectivity index (χ0v) is 13.4. The van der Waals surface area contributed by atoms with E-state index in [1.807, 2.05) is 0 Å². The summed E-state index contributed by atoms with van der Waals surface area (Å²) in [6.07, 6.45) is 3.86. The average molecular weight is 254 g/mol. The molecular formula is C16H34N2. The van der Waals surface area contributed by atoms with E-state index in [1.165, 1.54) is 32.4 Å². The minimum absolute atomic E-state index is 0.694. The summed E-state index contributed by atoms with van der Waals surface area (Å²) in [5, 5.41) is 3.75. The van der Waals surface area contributed by atoms with Crippen LogP contribution >= 0.6 is 0 Å². The van der Waals surface area contributed by atoms with Crippen LogP contribution in [0, 0.1) is 11.8 Å². The van der Waals surface area contributed by atoms with Crippen LogP contribution in [0.15, 0.2) is 0 Å². The first kappa shape index (κ1) is 16.0. The van der Waals surface area contributed by atoms with Gasteiger partial charge in [0.2, 0.25) is 0 Å². The standard InChI is InChI=1S/C16H34N2/c1-7-13(5)14(6)18-11-15(9-12(3)4)17-10-16(18)8-2/h12-17H,7-11H2,1-6H3. The van der Waals surface area contributed by atoms with E-state index in [4.69, 9.17) is 0 Å². The lowest BCUT2D eigenvalue weighted by atomic mass is 9.93. The van der Waals surface area contributed by atoms with Crippen molar-refractivity contribution in [2.75, 3.05) is 13.1 Å². The summed E-state index contributed by atoms with van der Waals surface area (Å²) in [7, 11) is 0. The Kier molecular flexibility index (Phi) is 6.65. The van der Waals surface area contributed by atoms with Crippen LogP contribution in [0.3, 0.4) is 0 Å². The van der Waals surface area contributed by atoms with E-state index in [0.29, 0.717) is 6.04 Å². The smallest absolute Gasteiger partial charge is 0.0221 e. The number of nitrogens with one attached hydrogen (secondary N) is 1. The fourth-order valence-electron chi connectivity index (χ4n) is 3.16. The fraction of sp³-hybridized carbons (Fsp3) is 1.00. The Morgan fingerprint density at radius 1 is 1.17 bits per heavy atom. The molecule has 1 rings (SSSR count). The number of hydrogen-bond donors (Lipinski definition) is 1. The first-order valence-electron chi connectivity index (χ1n) is 7.98. The molecule has 0 saturated carbocycles. The lowest BCUT2D eigenvalue weighted by molar-refractivity contribution is 0.0559. The van der Waals surface area contributed by atoms with Gasteiger partial charge in [0.25, 0.3) is 0 Å². The van der Waals surface area contributed by atoms with Crippen LogP contribution in [0.25, 0.3) is 0 Å². The Hall–Kier alpha value is -0.0800. The van der Waals surface area contributed by atoms with Gasteiger partial charge in [0.1, 0.15) is 0 Å². The fourth-order valence-corrected chi connectivity index (χ4v) is 3.16. The molecule has 0 radical (unpaired) electrons. The van der Waals surface area contributed by atoms with Gasteiger partial charge in [0, 0.05) is 31.2 Å². The van der Waals surface area contributed by atoms with Crippen molar-refractivity contribution in [2.45, 2.75) is 78.9 Å². The number of hydrogen-bond acceptors (Lipinski definition) is 2. The summed E-state index contributed by atoms with van der Waals surface area (Å²) in [5.41, 5.74) is 0. The van der Waals surface area contributed by atoms with Gasteiger partial charge in [-0.05, 0) is 31.6 Å². The zero-order chi connectivity index (χ0) is 13.7. The number of piperazine rings is 1. The van der Waals surface area contributed by atoms with Crippen LogP contribution in [-0.4, -0.2) is 36.1 Å². The molecule has 2 heteroatoms. The van der Waals surface area contributed by atoms with E-state index in [1.54, 1.807) is 0 Å². The summed E-state index contributed by atoms with van der Waals surface area (Å²) >= 11 is 0. The third-order valence-corrected chi connectivity index (χ3v) is 4.76. The molecule has 0 amide bonds. The lowest BCUT2D eigenvalue weighted by Gasteiger charge is -2.45. The molecule has 0 spiro atoms.